The van der Waals surface area contributed by atoms with Crippen LogP contribution in [0, 0.1) is 0 Å². The van der Waals surface area contributed by atoms with Crippen LogP contribution in [0.1, 0.15) is 16.9 Å². The molecule has 0 radical (unpaired) electrons. The Morgan fingerprint density at radius 1 is 1.22 bits per heavy atom. The van der Waals surface area contributed by atoms with E-state index in [1.807, 2.05) is 18.2 Å². The molecule has 11 heteroatoms. The molecule has 2 amide bonds. The second kappa shape index (κ2) is 7.91. The number of hydrogen-bond acceptors (Lipinski definition) is 8. The Morgan fingerprint density at radius 3 is 2.84 bits per heavy atom. The number of ether oxygens (including phenoxy) is 2. The third-order valence-corrected chi connectivity index (χ3v) is 5.53. The molecule has 2 aliphatic rings. The van der Waals surface area contributed by atoms with E-state index >= 15 is 0 Å². The summed E-state index contributed by atoms with van der Waals surface area (Å²) >= 11 is 0. The number of likely N-dealkylation sites (tertiary alicyclic amines) is 1. The number of imidazole rings is 1. The Labute approximate surface area is 183 Å². The van der Waals surface area contributed by atoms with Gasteiger partial charge in [-0.2, -0.15) is 0 Å². The van der Waals surface area contributed by atoms with E-state index in [2.05, 4.69) is 26.0 Å². The molecule has 166 valence electrons. The highest BCUT2D eigenvalue weighted by Crippen LogP contribution is 2.38. The zero-order valence-electron chi connectivity index (χ0n) is 17.7. The van der Waals surface area contributed by atoms with E-state index in [1.165, 1.54) is 10.7 Å². The fourth-order valence-corrected chi connectivity index (χ4v) is 3.87. The second-order valence-electron chi connectivity index (χ2n) is 7.60. The number of benzene rings is 1. The van der Waals surface area contributed by atoms with Crippen LogP contribution in [0.2, 0.25) is 0 Å². The van der Waals surface area contributed by atoms with Crippen molar-refractivity contribution in [3.05, 3.63) is 36.2 Å². The number of rotatable bonds is 5. The van der Waals surface area contributed by atoms with Crippen LogP contribution in [-0.4, -0.2) is 71.2 Å². The minimum atomic E-state index is -0.545. The number of carbonyl (C=O) groups excluding carboxylic acids is 2. The number of hydrogen-bond donors (Lipinski definition) is 3. The topological polar surface area (TPSA) is 122 Å². The van der Waals surface area contributed by atoms with Crippen LogP contribution >= 0.6 is 0 Å². The van der Waals surface area contributed by atoms with Gasteiger partial charge in [0.15, 0.2) is 28.7 Å². The van der Waals surface area contributed by atoms with E-state index in [9.17, 15) is 9.59 Å². The summed E-state index contributed by atoms with van der Waals surface area (Å²) in [7, 11) is 3.49. The van der Waals surface area contributed by atoms with Crippen molar-refractivity contribution in [2.45, 2.75) is 12.5 Å². The summed E-state index contributed by atoms with van der Waals surface area (Å²) in [6, 6.07) is 6.82. The number of nitrogens with one attached hydrogen (secondary N) is 3. The summed E-state index contributed by atoms with van der Waals surface area (Å²) < 4.78 is 12.9. The molecule has 0 spiro atoms. The maximum Gasteiger partial charge on any atom is 0.272 e. The third kappa shape index (κ3) is 3.41. The van der Waals surface area contributed by atoms with Gasteiger partial charge in [0.25, 0.3) is 5.91 Å². The van der Waals surface area contributed by atoms with Crippen LogP contribution in [0.4, 0.5) is 17.2 Å². The molecule has 4 heterocycles. The fraction of sp³-hybridized carbons (Fsp3) is 0.333. The first kappa shape index (κ1) is 19.9. The maximum absolute atomic E-state index is 12.9. The molecule has 0 bridgehead atoms. The summed E-state index contributed by atoms with van der Waals surface area (Å²) in [4.78, 5) is 31.1. The van der Waals surface area contributed by atoms with Crippen molar-refractivity contribution in [1.82, 2.24) is 24.8 Å². The van der Waals surface area contributed by atoms with E-state index in [4.69, 9.17) is 9.47 Å². The van der Waals surface area contributed by atoms with E-state index in [-0.39, 0.29) is 11.6 Å². The lowest BCUT2D eigenvalue weighted by Gasteiger charge is -2.21. The Balaban J connectivity index is 1.48. The van der Waals surface area contributed by atoms with E-state index in [1.54, 1.807) is 25.1 Å². The lowest BCUT2D eigenvalue weighted by atomic mass is 10.2. The van der Waals surface area contributed by atoms with E-state index in [0.29, 0.717) is 60.5 Å². The summed E-state index contributed by atoms with van der Waals surface area (Å²) in [6.07, 6.45) is 2.02. The quantitative estimate of drug-likeness (QED) is 0.545. The minimum absolute atomic E-state index is 0.102. The minimum Gasteiger partial charge on any atom is -0.486 e. The first-order valence-electron chi connectivity index (χ1n) is 10.3. The van der Waals surface area contributed by atoms with Gasteiger partial charge in [0.1, 0.15) is 19.3 Å². The molecule has 0 saturated carbocycles. The van der Waals surface area contributed by atoms with Gasteiger partial charge in [-0.05, 0) is 18.6 Å². The van der Waals surface area contributed by atoms with Crippen LogP contribution in [-0.2, 0) is 4.79 Å². The number of aromatic nitrogens is 3. The van der Waals surface area contributed by atoms with Crippen molar-refractivity contribution in [3.8, 4) is 11.5 Å². The monoisotopic (exact) mass is 437 g/mol. The lowest BCUT2D eigenvalue weighted by molar-refractivity contribution is -0.128. The summed E-state index contributed by atoms with van der Waals surface area (Å²) in [5, 5.41) is 13.7. The van der Waals surface area contributed by atoms with Gasteiger partial charge >= 0.3 is 0 Å². The number of para-hydroxylation sites is 1. The molecule has 2 aromatic heterocycles. The number of fused-ring (bicyclic) bond motifs is 2. The summed E-state index contributed by atoms with van der Waals surface area (Å²) in [6.45, 7) is 1.57. The fourth-order valence-electron chi connectivity index (χ4n) is 3.87. The van der Waals surface area contributed by atoms with E-state index in [0.717, 1.165) is 0 Å². The van der Waals surface area contributed by atoms with Gasteiger partial charge in [0.05, 0.1) is 17.6 Å². The second-order valence-corrected chi connectivity index (χ2v) is 7.60. The average molecular weight is 437 g/mol. The standard InChI is InChI=1S/C21H23N7O4/c1-22-14-10-17(24-12-4-3-5-16-18(12)32-9-8-31-16)26-28-15(11-23-19(14)28)20(29)25-13-6-7-27(2)21(13)30/h3-5,10-11,13,22H,6-9H2,1-2H3,(H,24,26)(H,25,29)/t13-/m1/s1. The summed E-state index contributed by atoms with van der Waals surface area (Å²) in [5.74, 6) is 1.23. The van der Waals surface area contributed by atoms with Crippen molar-refractivity contribution in [2.24, 2.45) is 0 Å². The lowest BCUT2D eigenvalue weighted by Crippen LogP contribution is -2.41. The molecule has 0 unspecified atom stereocenters. The average Bonchev–Trinajstić information content (AvgIpc) is 3.37. The van der Waals surface area contributed by atoms with Gasteiger partial charge in [-0.3, -0.25) is 9.59 Å². The number of carbonyl (C=O) groups is 2. The largest absolute Gasteiger partial charge is 0.486 e. The predicted molar refractivity (Wildman–Crippen MR) is 117 cm³/mol. The molecule has 5 rings (SSSR count). The highest BCUT2D eigenvalue weighted by Gasteiger charge is 2.31. The number of likely N-dealkylation sites (N-methyl/N-ethyl adjacent to an activating group) is 1. The first-order chi connectivity index (χ1) is 15.5. The SMILES string of the molecule is CNc1cc(Nc2cccc3c2OCCO3)nn2c(C(=O)N[C@@H]3CCN(C)C3=O)cnc12. The van der Waals surface area contributed by atoms with Crippen LogP contribution < -0.4 is 25.4 Å². The van der Waals surface area contributed by atoms with Crippen molar-refractivity contribution >= 4 is 34.7 Å². The molecule has 3 N–H and O–H groups in total. The molecular formula is C21H23N7O4. The molecule has 32 heavy (non-hydrogen) atoms. The van der Waals surface area contributed by atoms with Gasteiger partial charge in [-0.1, -0.05) is 6.07 Å². The van der Waals surface area contributed by atoms with Crippen LogP contribution in [0.5, 0.6) is 11.5 Å². The van der Waals surface area contributed by atoms with Gasteiger partial charge in [0.2, 0.25) is 5.91 Å². The highest BCUT2D eigenvalue weighted by molar-refractivity contribution is 5.97. The predicted octanol–water partition coefficient (Wildman–Crippen LogP) is 1.25. The van der Waals surface area contributed by atoms with Gasteiger partial charge in [-0.25, -0.2) is 9.50 Å². The number of amides is 2. The Hall–Kier alpha value is -4.02. The Kier molecular flexibility index (Phi) is 4.92. The van der Waals surface area contributed by atoms with Crippen LogP contribution in [0.3, 0.4) is 0 Å². The van der Waals surface area contributed by atoms with Crippen LogP contribution in [0.25, 0.3) is 5.65 Å². The molecule has 1 atom stereocenters. The van der Waals surface area contributed by atoms with Gasteiger partial charge < -0.3 is 30.3 Å². The summed E-state index contributed by atoms with van der Waals surface area (Å²) in [5.41, 5.74) is 2.10. The third-order valence-electron chi connectivity index (χ3n) is 5.53. The normalized spacial score (nSPS) is 17.5. The molecule has 0 aliphatic carbocycles. The van der Waals surface area contributed by atoms with Crippen molar-refractivity contribution in [1.29, 1.82) is 0 Å². The van der Waals surface area contributed by atoms with Crippen molar-refractivity contribution in [2.75, 3.05) is 44.5 Å². The van der Waals surface area contributed by atoms with E-state index < -0.39 is 11.9 Å². The molecule has 1 aromatic carbocycles. The van der Waals surface area contributed by atoms with Crippen LogP contribution in [0.15, 0.2) is 30.5 Å². The zero-order valence-corrected chi connectivity index (χ0v) is 17.7. The Bertz CT molecular complexity index is 1210. The highest BCUT2D eigenvalue weighted by atomic mass is 16.6. The van der Waals surface area contributed by atoms with Crippen molar-refractivity contribution < 1.29 is 19.1 Å². The maximum atomic E-state index is 12.9. The first-order valence-corrected chi connectivity index (χ1v) is 10.3. The number of anilines is 3. The zero-order chi connectivity index (χ0) is 22.2. The number of nitrogens with zero attached hydrogens (tertiary/aromatic N) is 4. The molecule has 1 fully saturated rings. The van der Waals surface area contributed by atoms with Crippen molar-refractivity contribution in [3.63, 3.8) is 0 Å². The molecule has 2 aliphatic heterocycles. The molecule has 11 nitrogen and oxygen atoms in total. The van der Waals surface area contributed by atoms with Gasteiger partial charge in [0, 0.05) is 26.7 Å². The molecule has 1 saturated heterocycles. The smallest absolute Gasteiger partial charge is 0.272 e. The molecular weight excluding hydrogens is 414 g/mol. The molecule has 3 aromatic rings. The van der Waals surface area contributed by atoms with Gasteiger partial charge in [-0.15, -0.1) is 5.10 Å². The Morgan fingerprint density at radius 2 is 2.06 bits per heavy atom.